The molecule has 1 aromatic carbocycles. The molecule has 0 N–H and O–H groups in total. The van der Waals surface area contributed by atoms with E-state index in [1.54, 1.807) is 6.07 Å². The van der Waals surface area contributed by atoms with Crippen LogP contribution in [0.4, 0.5) is 4.39 Å². The van der Waals surface area contributed by atoms with Crippen molar-refractivity contribution in [3.8, 4) is 0 Å². The van der Waals surface area contributed by atoms with E-state index >= 15 is 0 Å². The van der Waals surface area contributed by atoms with Crippen LogP contribution < -0.4 is 17.0 Å². The summed E-state index contributed by atoms with van der Waals surface area (Å²) in [5, 5.41) is 0. The molecule has 0 nitrogen and oxygen atoms in total. The molecular weight excluding hydrogens is 260 g/mol. The summed E-state index contributed by atoms with van der Waals surface area (Å²) in [7, 11) is 0. The molecule has 0 spiro atoms. The van der Waals surface area contributed by atoms with Crippen molar-refractivity contribution in [3.05, 3.63) is 42.1 Å². The fraction of sp³-hybridized carbons (Fsp3) is 0.125. The Morgan fingerprint density at radius 2 is 1.91 bits per heavy atom. The van der Waals surface area contributed by atoms with Crippen molar-refractivity contribution in [3.63, 3.8) is 0 Å². The number of hydrogen-bond acceptors (Lipinski definition) is 0. The van der Waals surface area contributed by atoms with Crippen LogP contribution in [0.25, 0.3) is 0 Å². The molecule has 0 saturated carbocycles. The van der Waals surface area contributed by atoms with Crippen molar-refractivity contribution in [2.24, 2.45) is 0 Å². The Kier molecular flexibility index (Phi) is 7.14. The molecular formula is C8H8BrFZn. The van der Waals surface area contributed by atoms with Gasteiger partial charge in [-0.3, -0.25) is 4.39 Å². The zero-order valence-electron chi connectivity index (χ0n) is 6.40. The van der Waals surface area contributed by atoms with E-state index < -0.39 is 0 Å². The van der Waals surface area contributed by atoms with Gasteiger partial charge in [0, 0.05) is 5.82 Å². The largest absolute Gasteiger partial charge is 2.00 e. The number of benzene rings is 1. The second kappa shape index (κ2) is 5.73. The van der Waals surface area contributed by atoms with Crippen LogP contribution in [-0.4, -0.2) is 0 Å². The van der Waals surface area contributed by atoms with E-state index in [1.807, 2.05) is 13.0 Å². The van der Waals surface area contributed by atoms with E-state index in [0.717, 1.165) is 5.56 Å². The molecule has 0 fully saturated rings. The van der Waals surface area contributed by atoms with Gasteiger partial charge in [0.1, 0.15) is 0 Å². The summed E-state index contributed by atoms with van der Waals surface area (Å²) < 4.78 is 12.5. The van der Waals surface area contributed by atoms with Crippen molar-refractivity contribution in [1.29, 1.82) is 0 Å². The van der Waals surface area contributed by atoms with Gasteiger partial charge >= 0.3 is 19.5 Å². The van der Waals surface area contributed by atoms with Crippen molar-refractivity contribution in [2.45, 2.75) is 6.92 Å². The molecule has 0 aliphatic heterocycles. The van der Waals surface area contributed by atoms with Crippen LogP contribution >= 0.6 is 0 Å². The smallest absolute Gasteiger partial charge is 1.00 e. The van der Waals surface area contributed by atoms with Crippen LogP contribution in [0.1, 0.15) is 11.1 Å². The van der Waals surface area contributed by atoms with Gasteiger partial charge in [-0.1, -0.05) is 19.1 Å². The maximum Gasteiger partial charge on any atom is 2.00 e. The minimum atomic E-state index is -0.227. The van der Waals surface area contributed by atoms with Crippen molar-refractivity contribution in [2.75, 3.05) is 0 Å². The van der Waals surface area contributed by atoms with E-state index in [9.17, 15) is 4.39 Å². The topological polar surface area (TPSA) is 0 Å². The van der Waals surface area contributed by atoms with Crippen molar-refractivity contribution >= 4 is 0 Å². The summed E-state index contributed by atoms with van der Waals surface area (Å²) in [4.78, 5) is 0. The van der Waals surface area contributed by atoms with Gasteiger partial charge in [0.05, 0.1) is 0 Å². The quantitative estimate of drug-likeness (QED) is 0.432. The first-order valence-corrected chi connectivity index (χ1v) is 2.79. The molecule has 3 heteroatoms. The second-order valence-electron chi connectivity index (χ2n) is 2.04. The van der Waals surface area contributed by atoms with Gasteiger partial charge in [0.2, 0.25) is 0 Å². The summed E-state index contributed by atoms with van der Waals surface area (Å²) in [6.45, 7) is 5.38. The maximum absolute atomic E-state index is 12.5. The summed E-state index contributed by atoms with van der Waals surface area (Å²) in [6.07, 6.45) is 0. The Hall–Kier alpha value is 0.123. The van der Waals surface area contributed by atoms with E-state index in [4.69, 9.17) is 0 Å². The molecule has 1 rings (SSSR count). The molecule has 0 unspecified atom stereocenters. The Morgan fingerprint density at radius 1 is 1.36 bits per heavy atom. The molecule has 11 heavy (non-hydrogen) atoms. The Labute approximate surface area is 89.7 Å². The molecule has 0 aliphatic rings. The van der Waals surface area contributed by atoms with Gasteiger partial charge in [-0.15, -0.1) is 11.6 Å². The number of aryl methyl sites for hydroxylation is 1. The minimum Gasteiger partial charge on any atom is -1.00 e. The van der Waals surface area contributed by atoms with Crippen LogP contribution in [0, 0.1) is 19.7 Å². The molecule has 0 heterocycles. The summed E-state index contributed by atoms with van der Waals surface area (Å²) in [6, 6.07) is 4.93. The molecule has 0 atom stereocenters. The van der Waals surface area contributed by atoms with E-state index in [-0.39, 0.29) is 42.3 Å². The fourth-order valence-corrected chi connectivity index (χ4v) is 0.666. The Balaban J connectivity index is 0. The van der Waals surface area contributed by atoms with Gasteiger partial charge in [-0.05, 0) is 0 Å². The van der Waals surface area contributed by atoms with Crippen molar-refractivity contribution < 1.29 is 40.8 Å². The summed E-state index contributed by atoms with van der Waals surface area (Å²) in [5.74, 6) is -0.227. The van der Waals surface area contributed by atoms with E-state index in [2.05, 4.69) is 6.92 Å². The standard InChI is InChI=1S/C8H8F.BrH.Zn/c1-6-4-3-5-8(9)7(6)2;;/h3-5H,2H2,1H3;1H;/q-1;;+2/p-1. The summed E-state index contributed by atoms with van der Waals surface area (Å²) in [5.41, 5.74) is 1.40. The monoisotopic (exact) mass is 266 g/mol. The third-order valence-electron chi connectivity index (χ3n) is 1.35. The van der Waals surface area contributed by atoms with Crippen LogP contribution in [-0.2, 0) is 19.5 Å². The predicted octanol–water partition coefficient (Wildman–Crippen LogP) is -0.682. The first-order valence-electron chi connectivity index (χ1n) is 2.79. The van der Waals surface area contributed by atoms with Gasteiger partial charge in [-0.25, -0.2) is 0 Å². The Bertz CT molecular complexity index is 205. The molecule has 0 radical (unpaired) electrons. The zero-order valence-corrected chi connectivity index (χ0v) is 11.0. The first kappa shape index (κ1) is 13.7. The molecule has 1 aromatic rings. The minimum absolute atomic E-state index is 0. The number of rotatable bonds is 0. The molecule has 56 valence electrons. The molecule has 0 bridgehead atoms. The molecule has 0 amide bonds. The SMILES string of the molecule is [Br-].[CH2-]c1c(C)cccc1F.[Zn+2]. The number of hydrogen-bond donors (Lipinski definition) is 0. The molecule has 0 aliphatic carbocycles. The fourth-order valence-electron chi connectivity index (χ4n) is 0.666. The summed E-state index contributed by atoms with van der Waals surface area (Å²) >= 11 is 0. The average molecular weight is 268 g/mol. The van der Waals surface area contributed by atoms with Gasteiger partial charge in [0.25, 0.3) is 0 Å². The normalized spacial score (nSPS) is 7.82. The van der Waals surface area contributed by atoms with Gasteiger partial charge in [0.15, 0.2) is 0 Å². The second-order valence-corrected chi connectivity index (χ2v) is 2.04. The third-order valence-corrected chi connectivity index (χ3v) is 1.35. The Morgan fingerprint density at radius 3 is 2.27 bits per heavy atom. The first-order chi connectivity index (χ1) is 4.22. The number of halogens is 2. The maximum atomic E-state index is 12.5. The zero-order chi connectivity index (χ0) is 6.85. The third kappa shape index (κ3) is 3.35. The predicted molar refractivity (Wildman–Crippen MR) is 35.6 cm³/mol. The van der Waals surface area contributed by atoms with Crippen LogP contribution in [0.2, 0.25) is 0 Å². The average Bonchev–Trinajstić information content (AvgIpc) is 1.83. The van der Waals surface area contributed by atoms with Crippen LogP contribution in [0.15, 0.2) is 18.2 Å². The van der Waals surface area contributed by atoms with Crippen LogP contribution in [0.5, 0.6) is 0 Å². The van der Waals surface area contributed by atoms with Crippen molar-refractivity contribution in [1.82, 2.24) is 0 Å². The van der Waals surface area contributed by atoms with E-state index in [1.165, 1.54) is 6.07 Å². The van der Waals surface area contributed by atoms with Gasteiger partial charge < -0.3 is 17.0 Å². The van der Waals surface area contributed by atoms with Gasteiger partial charge in [-0.2, -0.15) is 12.5 Å². The molecule has 0 aromatic heterocycles. The van der Waals surface area contributed by atoms with E-state index in [0.29, 0.717) is 5.56 Å². The van der Waals surface area contributed by atoms with Crippen LogP contribution in [0.3, 0.4) is 0 Å². The molecule has 0 saturated heterocycles.